The number of unbranched alkanes of at least 4 members (excludes halogenated alkanes) is 12. The number of aromatic hydroxyl groups is 2. The Balaban J connectivity index is 1.76. The second kappa shape index (κ2) is 19.3. The first-order chi connectivity index (χ1) is 23.4. The minimum Gasteiger partial charge on any atom is -0.507 e. The van der Waals surface area contributed by atoms with Crippen molar-refractivity contribution in [1.29, 1.82) is 0 Å². The van der Waals surface area contributed by atoms with Gasteiger partial charge >= 0.3 is 17.9 Å². The molecule has 0 spiro atoms. The fourth-order valence-electron chi connectivity index (χ4n) is 6.03. The molecule has 1 saturated heterocycles. The summed E-state index contributed by atoms with van der Waals surface area (Å²) >= 11 is 0. The van der Waals surface area contributed by atoms with E-state index in [1.165, 1.54) is 70.4 Å². The maximum absolute atomic E-state index is 13.5. The predicted octanol–water partition coefficient (Wildman–Crippen LogP) is 5.23. The number of ether oxygens (including phenoxy) is 3. The zero-order valence-electron chi connectivity index (χ0n) is 28.2. The van der Waals surface area contributed by atoms with Crippen molar-refractivity contribution < 1.29 is 64.3 Å². The molecule has 0 aromatic heterocycles. The van der Waals surface area contributed by atoms with E-state index in [-0.39, 0.29) is 40.2 Å². The molecule has 272 valence electrons. The number of phenols is 2. The molecule has 0 radical (unpaired) electrons. The molecule has 0 saturated carbocycles. The van der Waals surface area contributed by atoms with Gasteiger partial charge in [0.1, 0.15) is 52.4 Å². The van der Waals surface area contributed by atoms with E-state index < -0.39 is 60.1 Å². The summed E-state index contributed by atoms with van der Waals surface area (Å²) in [5, 5.41) is 70.7. The first-order valence-electron chi connectivity index (χ1n) is 17.1. The molecule has 0 aliphatic carbocycles. The number of esters is 1. The zero-order chi connectivity index (χ0) is 36.1. The zero-order valence-corrected chi connectivity index (χ0v) is 28.2. The highest BCUT2D eigenvalue weighted by atomic mass is 16.7. The smallest absolute Gasteiger partial charge is 0.347 e. The largest absolute Gasteiger partial charge is 0.507 e. The van der Waals surface area contributed by atoms with Crippen LogP contribution in [0.1, 0.15) is 122 Å². The van der Waals surface area contributed by atoms with Crippen LogP contribution in [0.5, 0.6) is 23.0 Å². The van der Waals surface area contributed by atoms with Gasteiger partial charge in [0.25, 0.3) is 0 Å². The van der Waals surface area contributed by atoms with Gasteiger partial charge in [0.2, 0.25) is 6.29 Å². The van der Waals surface area contributed by atoms with Gasteiger partial charge in [0, 0.05) is 11.6 Å². The Morgan fingerprint density at radius 1 is 0.735 bits per heavy atom. The Kier molecular flexibility index (Phi) is 15.6. The van der Waals surface area contributed by atoms with Crippen LogP contribution < -0.4 is 9.47 Å². The molecule has 7 N–H and O–H groups in total. The first kappa shape index (κ1) is 39.5. The molecular formula is C36H50O13. The standard InChI is InChI=1S/C36H50O13/c1-3-4-5-6-7-8-9-10-11-12-13-14-15-16-23-26(48-36-31(41)29(39)30(40)32(49-36)34(44)45)18-17-24(37)28(23)35(46)47-22-19-21(2)27(33(42)43)25(38)20-22/h17-20,29-32,36-41H,3-16H2,1-2H3,(H,42,43)(H,44,45)/t29-,30-,31+,32-,36-/m0/s1. The Hall–Kier alpha value is -3.91. The highest BCUT2D eigenvalue weighted by molar-refractivity contribution is 5.97. The molecule has 13 heteroatoms. The predicted molar refractivity (Wildman–Crippen MR) is 177 cm³/mol. The highest BCUT2D eigenvalue weighted by Gasteiger charge is 2.48. The quantitative estimate of drug-likeness (QED) is 0.0538. The van der Waals surface area contributed by atoms with E-state index in [1.54, 1.807) is 0 Å². The lowest BCUT2D eigenvalue weighted by Crippen LogP contribution is -2.61. The number of aromatic carboxylic acids is 1. The third-order valence-corrected chi connectivity index (χ3v) is 8.75. The summed E-state index contributed by atoms with van der Waals surface area (Å²) in [6.07, 6.45) is 5.19. The van der Waals surface area contributed by atoms with Crippen LogP contribution in [0.2, 0.25) is 0 Å². The molecule has 2 aromatic carbocycles. The molecule has 0 unspecified atom stereocenters. The van der Waals surface area contributed by atoms with E-state index in [9.17, 15) is 50.1 Å². The van der Waals surface area contributed by atoms with Crippen molar-refractivity contribution in [3.8, 4) is 23.0 Å². The van der Waals surface area contributed by atoms with Crippen molar-refractivity contribution in [3.63, 3.8) is 0 Å². The minimum atomic E-state index is -1.93. The van der Waals surface area contributed by atoms with E-state index in [0.717, 1.165) is 37.8 Å². The second-order valence-corrected chi connectivity index (χ2v) is 12.6. The molecule has 2 aromatic rings. The van der Waals surface area contributed by atoms with Crippen molar-refractivity contribution in [2.45, 2.75) is 134 Å². The van der Waals surface area contributed by atoms with Crippen LogP contribution in [-0.2, 0) is 16.0 Å². The van der Waals surface area contributed by atoms with Gasteiger partial charge in [-0.1, -0.05) is 84.0 Å². The van der Waals surface area contributed by atoms with Crippen LogP contribution >= 0.6 is 0 Å². The normalized spacial score (nSPS) is 20.6. The van der Waals surface area contributed by atoms with Crippen LogP contribution in [-0.4, -0.2) is 84.4 Å². The molecule has 0 amide bonds. The third-order valence-electron chi connectivity index (χ3n) is 8.75. The van der Waals surface area contributed by atoms with Crippen molar-refractivity contribution in [2.24, 2.45) is 0 Å². The van der Waals surface area contributed by atoms with Crippen LogP contribution in [0.15, 0.2) is 24.3 Å². The summed E-state index contributed by atoms with van der Waals surface area (Å²) in [6.45, 7) is 3.62. The number of phenolic OH excluding ortho intramolecular Hbond substituents is 1. The number of hydrogen-bond acceptors (Lipinski definition) is 11. The Bertz CT molecular complexity index is 1380. The number of aliphatic hydroxyl groups is 3. The van der Waals surface area contributed by atoms with E-state index in [4.69, 9.17) is 14.2 Å². The molecular weight excluding hydrogens is 640 g/mol. The molecule has 1 aliphatic rings. The lowest BCUT2D eigenvalue weighted by Gasteiger charge is -2.38. The summed E-state index contributed by atoms with van der Waals surface area (Å²) in [7, 11) is 0. The van der Waals surface area contributed by atoms with Gasteiger partial charge < -0.3 is 50.0 Å². The van der Waals surface area contributed by atoms with Crippen LogP contribution in [0, 0.1) is 6.92 Å². The topological polar surface area (TPSA) is 221 Å². The molecule has 1 heterocycles. The molecule has 1 fully saturated rings. The number of aliphatic carboxylic acids is 1. The number of hydrogen-bond donors (Lipinski definition) is 7. The third kappa shape index (κ3) is 11.0. The Labute approximate surface area is 286 Å². The average molecular weight is 691 g/mol. The second-order valence-electron chi connectivity index (χ2n) is 12.6. The number of aliphatic hydroxyl groups excluding tert-OH is 3. The summed E-state index contributed by atoms with van der Waals surface area (Å²) in [4.78, 5) is 36.6. The summed E-state index contributed by atoms with van der Waals surface area (Å²) in [5.41, 5.74) is -0.392. The maximum Gasteiger partial charge on any atom is 0.347 e. The number of carboxylic acids is 2. The van der Waals surface area contributed by atoms with E-state index in [0.29, 0.717) is 6.42 Å². The van der Waals surface area contributed by atoms with Gasteiger partial charge in [-0.3, -0.25) is 0 Å². The molecule has 49 heavy (non-hydrogen) atoms. The summed E-state index contributed by atoms with van der Waals surface area (Å²) < 4.78 is 16.5. The molecule has 3 rings (SSSR count). The lowest BCUT2D eigenvalue weighted by molar-refractivity contribution is -0.271. The number of benzene rings is 2. The first-order valence-corrected chi connectivity index (χ1v) is 17.1. The van der Waals surface area contributed by atoms with E-state index in [1.807, 2.05) is 0 Å². The Morgan fingerprint density at radius 3 is 1.84 bits per heavy atom. The van der Waals surface area contributed by atoms with Crippen molar-refractivity contribution in [2.75, 3.05) is 0 Å². The number of aryl methyl sites for hydroxylation is 1. The average Bonchev–Trinajstić information content (AvgIpc) is 3.03. The van der Waals surface area contributed by atoms with Gasteiger partial charge in [0.05, 0.1) is 0 Å². The fraction of sp³-hybridized carbons (Fsp3) is 0.583. The van der Waals surface area contributed by atoms with E-state index in [2.05, 4.69) is 6.92 Å². The van der Waals surface area contributed by atoms with Crippen LogP contribution in [0.4, 0.5) is 0 Å². The fourth-order valence-corrected chi connectivity index (χ4v) is 6.03. The van der Waals surface area contributed by atoms with Crippen molar-refractivity contribution >= 4 is 17.9 Å². The summed E-state index contributed by atoms with van der Waals surface area (Å²) in [6, 6.07) is 4.63. The van der Waals surface area contributed by atoms with Gasteiger partial charge in [-0.05, 0) is 43.5 Å². The lowest BCUT2D eigenvalue weighted by atomic mass is 9.97. The van der Waals surface area contributed by atoms with Gasteiger partial charge in [0.15, 0.2) is 6.10 Å². The number of carboxylic acid groups (broad SMARTS) is 2. The van der Waals surface area contributed by atoms with Crippen LogP contribution in [0.25, 0.3) is 0 Å². The van der Waals surface area contributed by atoms with Gasteiger partial charge in [-0.25, -0.2) is 14.4 Å². The minimum absolute atomic E-state index is 0.0688. The van der Waals surface area contributed by atoms with E-state index >= 15 is 0 Å². The summed E-state index contributed by atoms with van der Waals surface area (Å²) in [5.74, 6) is -5.38. The number of rotatable bonds is 20. The molecule has 13 nitrogen and oxygen atoms in total. The Morgan fingerprint density at radius 2 is 1.31 bits per heavy atom. The molecule has 5 atom stereocenters. The molecule has 1 aliphatic heterocycles. The van der Waals surface area contributed by atoms with Crippen molar-refractivity contribution in [1.82, 2.24) is 0 Å². The monoisotopic (exact) mass is 690 g/mol. The van der Waals surface area contributed by atoms with Crippen molar-refractivity contribution in [3.05, 3.63) is 46.5 Å². The maximum atomic E-state index is 13.5. The molecule has 0 bridgehead atoms. The SMILES string of the molecule is CCCCCCCCCCCCCCCc1c(O[C@H]2O[C@H](C(=O)O)[C@@H](O)[C@H](O)[C@H]2O)ccc(O)c1C(=O)Oc1cc(C)c(C(=O)O)c(O)c1. The van der Waals surface area contributed by atoms with Gasteiger partial charge in [-0.15, -0.1) is 0 Å². The number of carbonyl (C=O) groups excluding carboxylic acids is 1. The number of carbonyl (C=O) groups is 3. The van der Waals surface area contributed by atoms with Crippen LogP contribution in [0.3, 0.4) is 0 Å². The van der Waals surface area contributed by atoms with Gasteiger partial charge in [-0.2, -0.15) is 0 Å². The highest BCUT2D eigenvalue weighted by Crippen LogP contribution is 2.36.